The zero-order valence-electron chi connectivity index (χ0n) is 17.1. The summed E-state index contributed by atoms with van der Waals surface area (Å²) in [7, 11) is 0. The highest BCUT2D eigenvalue weighted by Gasteiger charge is 2.20. The summed E-state index contributed by atoms with van der Waals surface area (Å²) in [4.78, 5) is 30.3. The number of hydrogen-bond acceptors (Lipinski definition) is 10. The highest BCUT2D eigenvalue weighted by atomic mass is 35.5. The van der Waals surface area contributed by atoms with Crippen LogP contribution in [0.1, 0.15) is 15.5 Å². The highest BCUT2D eigenvalue weighted by molar-refractivity contribution is 7.17. The quantitative estimate of drug-likeness (QED) is 0.457. The van der Waals surface area contributed by atoms with E-state index in [0.717, 1.165) is 54.7 Å². The van der Waals surface area contributed by atoms with Crippen LogP contribution in [-0.2, 0) is 0 Å². The smallest absolute Gasteiger partial charge is 0.267 e. The normalized spacial score (nSPS) is 14.6. The van der Waals surface area contributed by atoms with E-state index in [-0.39, 0.29) is 16.6 Å². The number of aliphatic hydroxyl groups excluding tert-OH is 1. The monoisotopic (exact) mass is 497 g/mol. The molecule has 4 heterocycles. The van der Waals surface area contributed by atoms with Crippen molar-refractivity contribution < 1.29 is 14.3 Å². The summed E-state index contributed by atoms with van der Waals surface area (Å²) in [5.74, 6) is 0.923. The second-order valence-electron chi connectivity index (χ2n) is 7.05. The molecule has 4 rings (SSSR count). The summed E-state index contributed by atoms with van der Waals surface area (Å²) in [6, 6.07) is 1.84. The number of aromatic nitrogens is 3. The van der Waals surface area contributed by atoms with Crippen molar-refractivity contribution in [2.75, 3.05) is 54.9 Å². The van der Waals surface area contributed by atoms with Crippen LogP contribution in [0.2, 0.25) is 4.34 Å². The number of rotatable bonds is 7. The average Bonchev–Trinajstić information content (AvgIpc) is 3.36. The van der Waals surface area contributed by atoms with Crippen molar-refractivity contribution in [1.82, 2.24) is 19.9 Å². The zero-order chi connectivity index (χ0) is 22.7. The van der Waals surface area contributed by atoms with Crippen LogP contribution in [0, 0.1) is 12.7 Å². The maximum Gasteiger partial charge on any atom is 0.267 e. The van der Waals surface area contributed by atoms with E-state index in [1.165, 1.54) is 11.6 Å². The Labute approximate surface area is 196 Å². The number of nitrogens with one attached hydrogen (secondary N) is 2. The van der Waals surface area contributed by atoms with Gasteiger partial charge < -0.3 is 20.6 Å². The summed E-state index contributed by atoms with van der Waals surface area (Å²) in [6.45, 7) is 5.96. The average molecular weight is 498 g/mol. The molecule has 13 heteroatoms. The van der Waals surface area contributed by atoms with Gasteiger partial charge in [0.25, 0.3) is 5.91 Å². The second-order valence-corrected chi connectivity index (χ2v) is 9.56. The van der Waals surface area contributed by atoms with E-state index in [1.54, 1.807) is 0 Å². The molecule has 3 aromatic heterocycles. The molecule has 170 valence electrons. The molecule has 0 bridgehead atoms. The predicted octanol–water partition coefficient (Wildman–Crippen LogP) is 3.21. The number of piperazine rings is 1. The number of carbonyl (C=O) groups is 1. The van der Waals surface area contributed by atoms with E-state index in [9.17, 15) is 9.18 Å². The van der Waals surface area contributed by atoms with E-state index in [4.69, 9.17) is 16.7 Å². The lowest BCUT2D eigenvalue weighted by Crippen LogP contribution is -2.47. The fourth-order valence-corrected chi connectivity index (χ4v) is 4.85. The molecule has 0 aromatic carbocycles. The number of aliphatic hydroxyl groups is 1. The van der Waals surface area contributed by atoms with Crippen LogP contribution < -0.4 is 15.5 Å². The minimum absolute atomic E-state index is 0.0280. The molecule has 9 nitrogen and oxygen atoms in total. The Balaban J connectivity index is 1.42. The topological polar surface area (TPSA) is 107 Å². The Bertz CT molecular complexity index is 1080. The van der Waals surface area contributed by atoms with Gasteiger partial charge in [-0.25, -0.2) is 19.3 Å². The third kappa shape index (κ3) is 5.33. The molecule has 3 N–H and O–H groups in total. The number of anilines is 4. The number of thiazole rings is 1. The Hall–Kier alpha value is -2.38. The molecule has 0 saturated carbocycles. The fourth-order valence-electron chi connectivity index (χ4n) is 3.27. The Morgan fingerprint density at radius 3 is 2.78 bits per heavy atom. The molecule has 0 spiro atoms. The first kappa shape index (κ1) is 22.8. The molecule has 0 atom stereocenters. The van der Waals surface area contributed by atoms with Crippen LogP contribution in [0.5, 0.6) is 0 Å². The van der Waals surface area contributed by atoms with Gasteiger partial charge in [0.05, 0.1) is 12.8 Å². The maximum atomic E-state index is 13.7. The molecule has 32 heavy (non-hydrogen) atoms. The number of thiophene rings is 1. The Morgan fingerprint density at radius 1 is 1.31 bits per heavy atom. The Kier molecular flexibility index (Phi) is 7.16. The first-order chi connectivity index (χ1) is 15.4. The van der Waals surface area contributed by atoms with E-state index in [0.29, 0.717) is 28.2 Å². The molecule has 1 saturated heterocycles. The SMILES string of the molecule is Cc1nc(Nc2ncc(C(=O)Nc3c(F)csc3Cl)s2)cc(N2CCN(CCO)CC2)n1. The summed E-state index contributed by atoms with van der Waals surface area (Å²) in [5.41, 5.74) is -0.0280. The molecule has 0 aliphatic carbocycles. The van der Waals surface area contributed by atoms with Crippen molar-refractivity contribution in [3.8, 4) is 0 Å². The molecular formula is C19H21ClFN7O2S2. The van der Waals surface area contributed by atoms with E-state index in [2.05, 4.69) is 35.4 Å². The lowest BCUT2D eigenvalue weighted by Gasteiger charge is -2.35. The number of halogens is 2. The third-order valence-electron chi connectivity index (χ3n) is 4.84. The van der Waals surface area contributed by atoms with Gasteiger partial charge in [0.2, 0.25) is 0 Å². The van der Waals surface area contributed by atoms with Gasteiger partial charge in [0.1, 0.15) is 32.4 Å². The van der Waals surface area contributed by atoms with Crippen molar-refractivity contribution in [3.05, 3.63) is 38.5 Å². The van der Waals surface area contributed by atoms with Crippen molar-refractivity contribution in [3.63, 3.8) is 0 Å². The summed E-state index contributed by atoms with van der Waals surface area (Å²) in [6.07, 6.45) is 1.41. The van der Waals surface area contributed by atoms with Gasteiger partial charge in [0.15, 0.2) is 10.9 Å². The second kappa shape index (κ2) is 10.0. The van der Waals surface area contributed by atoms with Crippen molar-refractivity contribution >= 4 is 62.6 Å². The lowest BCUT2D eigenvalue weighted by atomic mass is 10.3. The Morgan fingerprint density at radius 2 is 2.09 bits per heavy atom. The van der Waals surface area contributed by atoms with E-state index >= 15 is 0 Å². The number of carbonyl (C=O) groups excluding carboxylic acids is 1. The summed E-state index contributed by atoms with van der Waals surface area (Å²) >= 11 is 8.05. The molecule has 1 amide bonds. The summed E-state index contributed by atoms with van der Waals surface area (Å²) < 4.78 is 13.9. The van der Waals surface area contributed by atoms with Gasteiger partial charge in [-0.05, 0) is 6.92 Å². The van der Waals surface area contributed by atoms with Gasteiger partial charge in [-0.1, -0.05) is 22.9 Å². The lowest BCUT2D eigenvalue weighted by molar-refractivity contribution is 0.103. The first-order valence-corrected chi connectivity index (χ1v) is 11.9. The molecule has 0 unspecified atom stereocenters. The summed E-state index contributed by atoms with van der Waals surface area (Å²) in [5, 5.41) is 16.4. The number of aryl methyl sites for hydroxylation is 1. The molecule has 1 aliphatic heterocycles. The molecule has 0 radical (unpaired) electrons. The van der Waals surface area contributed by atoms with Gasteiger partial charge in [-0.2, -0.15) is 0 Å². The van der Waals surface area contributed by atoms with Gasteiger partial charge in [0, 0.05) is 44.2 Å². The maximum absolute atomic E-state index is 13.7. The van der Waals surface area contributed by atoms with Crippen LogP contribution in [0.25, 0.3) is 0 Å². The minimum Gasteiger partial charge on any atom is -0.395 e. The fraction of sp³-hybridized carbons (Fsp3) is 0.368. The highest BCUT2D eigenvalue weighted by Crippen LogP contribution is 2.32. The zero-order valence-corrected chi connectivity index (χ0v) is 19.5. The van der Waals surface area contributed by atoms with Crippen LogP contribution in [0.3, 0.4) is 0 Å². The molecule has 1 fully saturated rings. The largest absolute Gasteiger partial charge is 0.395 e. The number of β-amino-alcohol motifs (C(OH)–C–C–N with tert-alkyl or cyclic N) is 1. The number of amides is 1. The molecular weight excluding hydrogens is 477 g/mol. The van der Waals surface area contributed by atoms with E-state index < -0.39 is 11.7 Å². The van der Waals surface area contributed by atoms with Gasteiger partial charge >= 0.3 is 0 Å². The van der Waals surface area contributed by atoms with Crippen LogP contribution in [-0.4, -0.2) is 70.2 Å². The van der Waals surface area contributed by atoms with Crippen molar-refractivity contribution in [2.45, 2.75) is 6.92 Å². The molecule has 3 aromatic rings. The number of nitrogens with zero attached hydrogens (tertiary/aromatic N) is 5. The van der Waals surface area contributed by atoms with Crippen LogP contribution >= 0.6 is 34.3 Å². The van der Waals surface area contributed by atoms with E-state index in [1.807, 2.05) is 13.0 Å². The third-order valence-corrected chi connectivity index (χ3v) is 6.94. The minimum atomic E-state index is -0.572. The predicted molar refractivity (Wildman–Crippen MR) is 125 cm³/mol. The first-order valence-electron chi connectivity index (χ1n) is 9.83. The van der Waals surface area contributed by atoms with Crippen LogP contribution in [0.15, 0.2) is 17.6 Å². The molecule has 1 aliphatic rings. The van der Waals surface area contributed by atoms with Gasteiger partial charge in [-0.3, -0.25) is 9.69 Å². The van der Waals surface area contributed by atoms with Gasteiger partial charge in [-0.15, -0.1) is 11.3 Å². The number of hydrogen-bond donors (Lipinski definition) is 3. The standard InChI is InChI=1S/C19H21ClFN7O2S2/c1-11-23-14(8-15(24-11)28-4-2-27(3-5-28)6-7-29)25-19-22-9-13(32-19)18(30)26-16-12(21)10-31-17(16)20/h8-10,29H,2-7H2,1H3,(H,26,30)(H,22,23,24,25). The van der Waals surface area contributed by atoms with Crippen molar-refractivity contribution in [2.24, 2.45) is 0 Å². The van der Waals surface area contributed by atoms with Crippen molar-refractivity contribution in [1.29, 1.82) is 0 Å². The van der Waals surface area contributed by atoms with Crippen LogP contribution in [0.4, 0.5) is 26.8 Å².